The van der Waals surface area contributed by atoms with Gasteiger partial charge < -0.3 is 0 Å². The Morgan fingerprint density at radius 1 is 1.56 bits per heavy atom. The van der Waals surface area contributed by atoms with Crippen molar-refractivity contribution in [1.82, 2.24) is 10.0 Å². The van der Waals surface area contributed by atoms with Gasteiger partial charge in [-0.1, -0.05) is 0 Å². The molecule has 5 nitrogen and oxygen atoms in total. The quantitative estimate of drug-likeness (QED) is 0.393. The highest BCUT2D eigenvalue weighted by molar-refractivity contribution is 5.94. The Morgan fingerprint density at radius 2 is 2.56 bits per heavy atom. The summed E-state index contributed by atoms with van der Waals surface area (Å²) in [6.45, 7) is 0. The average molecular weight is 121 g/mol. The summed E-state index contributed by atoms with van der Waals surface area (Å²) in [6, 6.07) is 0. The zero-order chi connectivity index (χ0) is 6.10. The first kappa shape index (κ1) is 4.21. The van der Waals surface area contributed by atoms with Gasteiger partial charge in [-0.25, -0.2) is 0 Å². The van der Waals surface area contributed by atoms with Crippen molar-refractivity contribution >= 4 is 12.1 Å². The molecule has 5 heteroatoms. The van der Waals surface area contributed by atoms with Crippen molar-refractivity contribution in [2.24, 2.45) is 10.3 Å². The molecule has 0 saturated carbocycles. The summed E-state index contributed by atoms with van der Waals surface area (Å²) in [7, 11) is 0. The second-order valence-corrected chi connectivity index (χ2v) is 1.55. The number of allylic oxidation sites excluding steroid dienone is 1. The normalized spacial score (nSPS) is 18.7. The van der Waals surface area contributed by atoms with E-state index in [-0.39, 0.29) is 0 Å². The fraction of sp³-hybridized carbons (Fsp3) is 0. The molecule has 42 valence electrons. The molecular weight excluding hydrogens is 118 g/mol. The van der Waals surface area contributed by atoms with E-state index in [1.54, 1.807) is 18.4 Å². The minimum absolute atomic E-state index is 0.664. The first-order valence-electron chi connectivity index (χ1n) is 2.46. The summed E-state index contributed by atoms with van der Waals surface area (Å²) in [6.07, 6.45) is 5.20. The van der Waals surface area contributed by atoms with Crippen LogP contribution < -0.4 is 4.91 Å². The van der Waals surface area contributed by atoms with Crippen LogP contribution in [0.1, 0.15) is 0 Å². The number of hydrazone groups is 1. The molecule has 2 aliphatic heterocycles. The highest BCUT2D eigenvalue weighted by Gasteiger charge is 2.32. The van der Waals surface area contributed by atoms with Crippen LogP contribution in [0.15, 0.2) is 22.5 Å². The topological polar surface area (TPSA) is 56.2 Å². The van der Waals surface area contributed by atoms with Gasteiger partial charge in [0, 0.05) is 0 Å². The number of nitrogens with zero attached hydrogens (tertiary/aromatic N) is 5. The maximum Gasteiger partial charge on any atom is 0.475 e. The Balaban J connectivity index is 2.56. The molecule has 9 heavy (non-hydrogen) atoms. The Kier molecular flexibility index (Phi) is 0.648. The second kappa shape index (κ2) is 1.39. The van der Waals surface area contributed by atoms with E-state index in [1.807, 2.05) is 0 Å². The fourth-order valence-corrected chi connectivity index (χ4v) is 0.603. The molecule has 0 atom stereocenters. The third-order valence-corrected chi connectivity index (χ3v) is 0.984. The minimum atomic E-state index is 0.664. The molecule has 0 saturated heterocycles. The molecule has 0 N–H and O–H groups in total. The zero-order valence-electron chi connectivity index (χ0n) is 4.47. The van der Waals surface area contributed by atoms with Crippen LogP contribution >= 0.6 is 0 Å². The van der Waals surface area contributed by atoms with E-state index in [2.05, 4.69) is 20.0 Å². The van der Waals surface area contributed by atoms with Crippen molar-refractivity contribution in [1.29, 1.82) is 0 Å². The summed E-state index contributed by atoms with van der Waals surface area (Å²) in [4.78, 5) is 7.06. The number of hydrogen-bond acceptors (Lipinski definition) is 3. The van der Waals surface area contributed by atoms with E-state index < -0.39 is 0 Å². The molecule has 0 aliphatic carbocycles. The van der Waals surface area contributed by atoms with Crippen LogP contribution in [-0.2, 0) is 0 Å². The number of fused-ring (bicyclic) bond motifs is 1. The van der Waals surface area contributed by atoms with Crippen molar-refractivity contribution in [3.05, 3.63) is 12.2 Å². The van der Waals surface area contributed by atoms with Crippen LogP contribution in [0, 0.1) is 0 Å². The fourth-order valence-electron chi connectivity index (χ4n) is 0.603. The monoisotopic (exact) mass is 121 g/mol. The number of hydrogen-bond donors (Lipinski definition) is 0. The molecule has 0 aromatic carbocycles. The highest BCUT2D eigenvalue weighted by Crippen LogP contribution is 1.97. The molecule has 0 spiro atoms. The second-order valence-electron chi connectivity index (χ2n) is 1.55. The molecule has 0 radical (unpaired) electrons. The minimum Gasteiger partial charge on any atom is -0.0448 e. The number of rotatable bonds is 0. The van der Waals surface area contributed by atoms with E-state index in [0.29, 0.717) is 5.84 Å². The van der Waals surface area contributed by atoms with Gasteiger partial charge in [-0.2, -0.15) is 0 Å². The van der Waals surface area contributed by atoms with Crippen molar-refractivity contribution in [2.75, 3.05) is 0 Å². The van der Waals surface area contributed by atoms with E-state index in [9.17, 15) is 0 Å². The van der Waals surface area contributed by atoms with Gasteiger partial charge >= 0.3 is 11.1 Å². The molecule has 0 unspecified atom stereocenters. The zero-order valence-corrected chi connectivity index (χ0v) is 4.47. The Morgan fingerprint density at radius 3 is 3.44 bits per heavy atom. The van der Waals surface area contributed by atoms with Crippen LogP contribution in [0.3, 0.4) is 0 Å². The maximum absolute atomic E-state index is 3.82. The van der Waals surface area contributed by atoms with E-state index in [4.69, 9.17) is 0 Å². The number of amidine groups is 1. The molecule has 0 aromatic rings. The smallest absolute Gasteiger partial charge is 0.0448 e. The van der Waals surface area contributed by atoms with Gasteiger partial charge in [0.15, 0.2) is 0 Å². The lowest BCUT2D eigenvalue weighted by molar-refractivity contribution is -0.0926. The van der Waals surface area contributed by atoms with Gasteiger partial charge in [0.2, 0.25) is 0 Å². The van der Waals surface area contributed by atoms with Crippen molar-refractivity contribution in [3.8, 4) is 0 Å². The Bertz CT molecular complexity index is 286. The first-order valence-corrected chi connectivity index (χ1v) is 2.46. The van der Waals surface area contributed by atoms with E-state index in [0.717, 1.165) is 0 Å². The lowest BCUT2D eigenvalue weighted by Crippen LogP contribution is -2.18. The summed E-state index contributed by atoms with van der Waals surface area (Å²) in [5, 5.41) is 8.75. The van der Waals surface area contributed by atoms with Gasteiger partial charge in [-0.05, 0) is 11.2 Å². The van der Waals surface area contributed by atoms with E-state index in [1.165, 1.54) is 5.12 Å². The molecule has 2 aliphatic rings. The van der Waals surface area contributed by atoms with Crippen molar-refractivity contribution < 1.29 is 4.79 Å². The third kappa shape index (κ3) is 0.498. The van der Waals surface area contributed by atoms with Gasteiger partial charge in [-0.15, -0.1) is 0 Å². The molecule has 0 amide bonds. The molecule has 0 aromatic heterocycles. The van der Waals surface area contributed by atoms with Crippen LogP contribution in [0.2, 0.25) is 0 Å². The largest absolute Gasteiger partial charge is 0.475 e. The third-order valence-electron chi connectivity index (χ3n) is 0.984. The molecule has 2 heterocycles. The maximum atomic E-state index is 3.82. The first-order chi connectivity index (χ1) is 4.47. The van der Waals surface area contributed by atoms with Crippen LogP contribution in [0.4, 0.5) is 0 Å². The predicted octanol–water partition coefficient (Wildman–Crippen LogP) is -0.649. The van der Waals surface area contributed by atoms with Gasteiger partial charge in [0.1, 0.15) is 5.12 Å². The summed E-state index contributed by atoms with van der Waals surface area (Å²) >= 11 is 0. The van der Waals surface area contributed by atoms with Crippen LogP contribution in [0.5, 0.6) is 0 Å². The lowest BCUT2D eigenvalue weighted by atomic mass is 10.4. The standard InChI is InChI=1S/C4H3N5/c1-2-4-6-7-8-9(4)5-3-1/h1-3H/q+2. The van der Waals surface area contributed by atoms with Crippen molar-refractivity contribution in [2.45, 2.75) is 0 Å². The predicted molar refractivity (Wildman–Crippen MR) is 29.3 cm³/mol. The SMILES string of the molecule is C1=CC2=[N+]=[N+]=NN2N=C1. The van der Waals surface area contributed by atoms with E-state index >= 15 is 0 Å². The molecule has 0 fully saturated rings. The average Bonchev–Trinajstić information content (AvgIpc) is 2.33. The molecular formula is C4H3N5+2. The Hall–Kier alpha value is -1.70. The molecule has 0 bridgehead atoms. The van der Waals surface area contributed by atoms with Gasteiger partial charge in [0.25, 0.3) is 4.91 Å². The van der Waals surface area contributed by atoms with Gasteiger partial charge in [0.05, 0.1) is 17.1 Å². The van der Waals surface area contributed by atoms with Crippen molar-refractivity contribution in [3.63, 3.8) is 0 Å². The molecule has 2 rings (SSSR count). The summed E-state index contributed by atoms with van der Waals surface area (Å²) in [5.74, 6) is 0.664. The lowest BCUT2D eigenvalue weighted by Gasteiger charge is -1.86. The Labute approximate surface area is 50.4 Å². The summed E-state index contributed by atoms with van der Waals surface area (Å²) < 4.78 is 0. The van der Waals surface area contributed by atoms with Gasteiger partial charge in [-0.3, -0.25) is 0 Å². The summed E-state index contributed by atoms with van der Waals surface area (Å²) in [5.41, 5.74) is 0. The highest BCUT2D eigenvalue weighted by atomic mass is 15.7. The van der Waals surface area contributed by atoms with Crippen LogP contribution in [-0.4, -0.2) is 22.0 Å². The van der Waals surface area contributed by atoms with Crippen LogP contribution in [0.25, 0.3) is 0 Å².